The molecular weight excluding hydrogens is 227 g/mol. The van der Waals surface area contributed by atoms with Gasteiger partial charge in [0.2, 0.25) is 0 Å². The van der Waals surface area contributed by atoms with E-state index in [2.05, 4.69) is 5.32 Å². The lowest BCUT2D eigenvalue weighted by Crippen LogP contribution is -2.30. The Balaban J connectivity index is 2.13. The first-order valence-electron chi connectivity index (χ1n) is 4.94. The van der Waals surface area contributed by atoms with Crippen LogP contribution in [0.3, 0.4) is 0 Å². The van der Waals surface area contributed by atoms with Gasteiger partial charge in [0.25, 0.3) is 5.91 Å². The molecule has 0 saturated carbocycles. The molecule has 1 aliphatic heterocycles. The number of nitrogens with one attached hydrogen (secondary N) is 1. The number of rotatable bonds is 2. The summed E-state index contributed by atoms with van der Waals surface area (Å²) in [5.74, 6) is -0.333. The highest BCUT2D eigenvalue weighted by atomic mass is 32.1. The highest BCUT2D eigenvalue weighted by Gasteiger charge is 2.31. The Morgan fingerprint density at radius 2 is 2.06 bits per heavy atom. The van der Waals surface area contributed by atoms with Gasteiger partial charge in [0, 0.05) is 0 Å². The van der Waals surface area contributed by atoms with E-state index < -0.39 is 0 Å². The predicted molar refractivity (Wildman–Crippen MR) is 62.1 cm³/mol. The van der Waals surface area contributed by atoms with Gasteiger partial charge in [-0.2, -0.15) is 0 Å². The van der Waals surface area contributed by atoms with Crippen molar-refractivity contribution in [3.63, 3.8) is 0 Å². The molecule has 3 nitrogen and oxygen atoms in total. The molecule has 1 saturated heterocycles. The van der Waals surface area contributed by atoms with Crippen molar-refractivity contribution in [2.24, 2.45) is 0 Å². The number of carbonyl (C=O) groups is 1. The molecule has 1 atom stereocenters. The fraction of sp³-hybridized carbons (Fsp3) is 0.273. The van der Waals surface area contributed by atoms with E-state index in [1.165, 1.54) is 17.0 Å². The first kappa shape index (κ1) is 11.0. The van der Waals surface area contributed by atoms with Gasteiger partial charge in [0.05, 0.1) is 6.54 Å². The van der Waals surface area contributed by atoms with Crippen molar-refractivity contribution in [1.29, 1.82) is 0 Å². The molecule has 0 bridgehead atoms. The van der Waals surface area contributed by atoms with Crippen LogP contribution in [0.15, 0.2) is 24.3 Å². The number of hydrogen-bond donors (Lipinski definition) is 1. The molecule has 1 fully saturated rings. The lowest BCUT2D eigenvalue weighted by molar-refractivity contribution is -0.127. The largest absolute Gasteiger partial charge is 0.351 e. The van der Waals surface area contributed by atoms with Crippen LogP contribution >= 0.6 is 12.2 Å². The Morgan fingerprint density at radius 3 is 2.56 bits per heavy atom. The molecule has 0 aromatic heterocycles. The van der Waals surface area contributed by atoms with Crippen molar-refractivity contribution in [3.05, 3.63) is 35.6 Å². The number of benzene rings is 1. The maximum atomic E-state index is 12.7. The smallest absolute Gasteiger partial charge is 0.251 e. The van der Waals surface area contributed by atoms with Gasteiger partial charge in [0.1, 0.15) is 11.9 Å². The molecule has 5 heteroatoms. The van der Waals surface area contributed by atoms with Crippen molar-refractivity contribution in [3.8, 4) is 0 Å². The third kappa shape index (κ3) is 2.04. The molecule has 1 N–H and O–H groups in total. The molecule has 1 aliphatic rings. The van der Waals surface area contributed by atoms with Gasteiger partial charge in [-0.15, -0.1) is 0 Å². The summed E-state index contributed by atoms with van der Waals surface area (Å²) in [6.45, 7) is 2.15. The van der Waals surface area contributed by atoms with E-state index in [0.717, 1.165) is 5.56 Å². The van der Waals surface area contributed by atoms with Crippen molar-refractivity contribution in [2.45, 2.75) is 19.5 Å². The van der Waals surface area contributed by atoms with Crippen molar-refractivity contribution >= 4 is 23.2 Å². The number of amides is 1. The molecule has 0 aliphatic carbocycles. The third-order valence-corrected chi connectivity index (χ3v) is 2.81. The second kappa shape index (κ2) is 4.17. The molecule has 1 aromatic carbocycles. The van der Waals surface area contributed by atoms with Crippen LogP contribution in [0.25, 0.3) is 0 Å². The number of nitrogens with zero attached hydrogens (tertiary/aromatic N) is 1. The van der Waals surface area contributed by atoms with Gasteiger partial charge < -0.3 is 5.32 Å². The van der Waals surface area contributed by atoms with Crippen LogP contribution in [0.5, 0.6) is 0 Å². The van der Waals surface area contributed by atoms with E-state index in [1.807, 2.05) is 0 Å². The SMILES string of the molecule is C[C@@H]1NC(=S)N(Cc2ccc(F)cc2)C1=O. The molecule has 0 unspecified atom stereocenters. The topological polar surface area (TPSA) is 32.3 Å². The van der Waals surface area contributed by atoms with Crippen molar-refractivity contribution in [2.75, 3.05) is 0 Å². The van der Waals surface area contributed by atoms with Crippen LogP contribution in [-0.2, 0) is 11.3 Å². The van der Waals surface area contributed by atoms with Crippen LogP contribution in [0.4, 0.5) is 4.39 Å². The van der Waals surface area contributed by atoms with Gasteiger partial charge in [-0.25, -0.2) is 4.39 Å². The van der Waals surface area contributed by atoms with E-state index in [-0.39, 0.29) is 17.8 Å². The van der Waals surface area contributed by atoms with Gasteiger partial charge in [-0.3, -0.25) is 9.69 Å². The minimum atomic E-state index is -0.287. The summed E-state index contributed by atoms with van der Waals surface area (Å²) < 4.78 is 12.7. The summed E-state index contributed by atoms with van der Waals surface area (Å²) in [5.41, 5.74) is 0.855. The van der Waals surface area contributed by atoms with Gasteiger partial charge >= 0.3 is 0 Å². The van der Waals surface area contributed by atoms with E-state index in [4.69, 9.17) is 12.2 Å². The van der Waals surface area contributed by atoms with Crippen LogP contribution in [0, 0.1) is 5.82 Å². The van der Waals surface area contributed by atoms with Gasteiger partial charge in [0.15, 0.2) is 5.11 Å². The Bertz CT molecular complexity index is 432. The summed E-state index contributed by atoms with van der Waals surface area (Å²) in [7, 11) is 0. The van der Waals surface area contributed by atoms with Crippen molar-refractivity contribution in [1.82, 2.24) is 10.2 Å². The lowest BCUT2D eigenvalue weighted by atomic mass is 10.2. The van der Waals surface area contributed by atoms with Gasteiger partial charge in [-0.05, 0) is 36.8 Å². The molecule has 1 heterocycles. The molecule has 84 valence electrons. The Labute approximate surface area is 98.2 Å². The summed E-state index contributed by atoms with van der Waals surface area (Å²) >= 11 is 5.04. The maximum Gasteiger partial charge on any atom is 0.251 e. The third-order valence-electron chi connectivity index (χ3n) is 2.48. The zero-order chi connectivity index (χ0) is 11.7. The highest BCUT2D eigenvalue weighted by Crippen LogP contribution is 2.12. The van der Waals surface area contributed by atoms with E-state index >= 15 is 0 Å². The van der Waals surface area contributed by atoms with Crippen LogP contribution in [0.2, 0.25) is 0 Å². The van der Waals surface area contributed by atoms with E-state index in [0.29, 0.717) is 11.7 Å². The molecule has 0 spiro atoms. The van der Waals surface area contributed by atoms with Crippen LogP contribution < -0.4 is 5.32 Å². The molecule has 1 amide bonds. The number of thiocarbonyl (C=S) groups is 1. The highest BCUT2D eigenvalue weighted by molar-refractivity contribution is 7.80. The van der Waals surface area contributed by atoms with Crippen molar-refractivity contribution < 1.29 is 9.18 Å². The Morgan fingerprint density at radius 1 is 1.44 bits per heavy atom. The molecule has 16 heavy (non-hydrogen) atoms. The standard InChI is InChI=1S/C11H11FN2OS/c1-7-10(15)14(11(16)13-7)6-8-2-4-9(12)5-3-8/h2-5,7H,6H2,1H3,(H,13,16)/t7-/m0/s1. The normalized spacial score (nSPS) is 20.1. The predicted octanol–water partition coefficient (Wildman–Crippen LogP) is 1.43. The van der Waals surface area contributed by atoms with Gasteiger partial charge in [-0.1, -0.05) is 12.1 Å². The van der Waals surface area contributed by atoms with Crippen LogP contribution in [-0.4, -0.2) is 22.0 Å². The first-order chi connectivity index (χ1) is 7.58. The zero-order valence-electron chi connectivity index (χ0n) is 8.74. The Hall–Kier alpha value is -1.49. The fourth-order valence-electron chi connectivity index (χ4n) is 1.58. The fourth-order valence-corrected chi connectivity index (χ4v) is 1.91. The second-order valence-corrected chi connectivity index (χ2v) is 4.11. The quantitative estimate of drug-likeness (QED) is 0.791. The zero-order valence-corrected chi connectivity index (χ0v) is 9.55. The summed E-state index contributed by atoms with van der Waals surface area (Å²) in [5, 5.41) is 3.31. The van der Waals surface area contributed by atoms with Crippen LogP contribution in [0.1, 0.15) is 12.5 Å². The maximum absolute atomic E-state index is 12.7. The summed E-state index contributed by atoms with van der Waals surface area (Å²) in [4.78, 5) is 13.2. The number of halogens is 1. The average molecular weight is 238 g/mol. The monoisotopic (exact) mass is 238 g/mol. The number of carbonyl (C=O) groups excluding carboxylic acids is 1. The average Bonchev–Trinajstić information content (AvgIpc) is 2.48. The summed E-state index contributed by atoms with van der Waals surface area (Å²) in [6, 6.07) is 5.77. The molecule has 2 rings (SSSR count). The molecule has 0 radical (unpaired) electrons. The lowest BCUT2D eigenvalue weighted by Gasteiger charge is -2.14. The summed E-state index contributed by atoms with van der Waals surface area (Å²) in [6.07, 6.45) is 0. The Kier molecular flexibility index (Phi) is 2.87. The van der Waals surface area contributed by atoms with E-state index in [9.17, 15) is 9.18 Å². The first-order valence-corrected chi connectivity index (χ1v) is 5.35. The van der Waals surface area contributed by atoms with E-state index in [1.54, 1.807) is 19.1 Å². The minimum absolute atomic E-state index is 0.0469. The number of hydrogen-bond acceptors (Lipinski definition) is 2. The molecular formula is C11H11FN2OS. The molecule has 1 aromatic rings. The second-order valence-electron chi connectivity index (χ2n) is 3.72. The minimum Gasteiger partial charge on any atom is -0.351 e.